The van der Waals surface area contributed by atoms with Crippen LogP contribution < -0.4 is 0 Å². The molecule has 1 unspecified atom stereocenters. The van der Waals surface area contributed by atoms with Gasteiger partial charge in [-0.25, -0.2) is 4.99 Å². The first-order valence-electron chi connectivity index (χ1n) is 5.70. The van der Waals surface area contributed by atoms with Gasteiger partial charge < -0.3 is 0 Å². The quantitative estimate of drug-likeness (QED) is 0.639. The minimum Gasteiger partial charge on any atom is -0.251 e. The Morgan fingerprint density at radius 3 is 2.94 bits per heavy atom. The van der Waals surface area contributed by atoms with E-state index in [0.717, 1.165) is 5.71 Å². The molecule has 2 nitrogen and oxygen atoms in total. The van der Waals surface area contributed by atoms with Crippen LogP contribution in [0.4, 0.5) is 0 Å². The van der Waals surface area contributed by atoms with Crippen molar-refractivity contribution in [2.24, 2.45) is 9.98 Å². The molecule has 0 bridgehead atoms. The van der Waals surface area contributed by atoms with Crippen molar-refractivity contribution in [3.63, 3.8) is 0 Å². The largest absolute Gasteiger partial charge is 0.251 e. The van der Waals surface area contributed by atoms with Crippen molar-refractivity contribution in [1.82, 2.24) is 0 Å². The van der Waals surface area contributed by atoms with E-state index in [1.807, 2.05) is 12.2 Å². The Morgan fingerprint density at radius 1 is 1.00 bits per heavy atom. The maximum absolute atomic E-state index is 4.65. The summed E-state index contributed by atoms with van der Waals surface area (Å²) < 4.78 is 0. The van der Waals surface area contributed by atoms with Crippen LogP contribution in [-0.4, -0.2) is 12.1 Å². The molecule has 1 aromatic rings. The molecule has 0 radical (unpaired) electrons. The minimum atomic E-state index is -0.375. The highest BCUT2D eigenvalue weighted by molar-refractivity contribution is 6.14. The van der Waals surface area contributed by atoms with E-state index in [4.69, 9.17) is 0 Å². The zero-order valence-corrected chi connectivity index (χ0v) is 9.17. The van der Waals surface area contributed by atoms with Crippen LogP contribution in [0.2, 0.25) is 0 Å². The molecule has 1 atom stereocenters. The van der Waals surface area contributed by atoms with Crippen LogP contribution in [0.1, 0.15) is 11.1 Å². The van der Waals surface area contributed by atoms with Gasteiger partial charge in [0, 0.05) is 0 Å². The summed E-state index contributed by atoms with van der Waals surface area (Å²) >= 11 is 0. The van der Waals surface area contributed by atoms with E-state index in [1.165, 1.54) is 16.7 Å². The molecule has 1 heterocycles. The molecule has 0 amide bonds. The number of aliphatic imine (C=N–C) groups is 2. The summed E-state index contributed by atoms with van der Waals surface area (Å²) in [5.41, 5.74) is 4.30. The van der Waals surface area contributed by atoms with Crippen molar-refractivity contribution in [3.05, 3.63) is 65.3 Å². The predicted molar refractivity (Wildman–Crippen MR) is 70.3 cm³/mol. The first-order valence-corrected chi connectivity index (χ1v) is 5.70. The molecule has 80 valence electrons. The van der Waals surface area contributed by atoms with Gasteiger partial charge >= 0.3 is 0 Å². The smallest absolute Gasteiger partial charge is 0.155 e. The maximum atomic E-state index is 4.65. The SMILES string of the molecule is C1=CC2=NC=NC23C(=C1)C=Cc1ccccc13. The molecular weight excluding hydrogens is 208 g/mol. The second-order valence-electron chi connectivity index (χ2n) is 4.37. The van der Waals surface area contributed by atoms with E-state index in [9.17, 15) is 0 Å². The van der Waals surface area contributed by atoms with Crippen molar-refractivity contribution in [2.75, 3.05) is 0 Å². The normalized spacial score (nSPS) is 27.1. The zero-order chi connectivity index (χ0) is 11.3. The van der Waals surface area contributed by atoms with Gasteiger partial charge in [-0.2, -0.15) is 0 Å². The third-order valence-electron chi connectivity index (χ3n) is 3.56. The van der Waals surface area contributed by atoms with Gasteiger partial charge in [0.25, 0.3) is 0 Å². The molecule has 1 aliphatic heterocycles. The highest BCUT2D eigenvalue weighted by atomic mass is 15.0. The van der Waals surface area contributed by atoms with Gasteiger partial charge in [0.15, 0.2) is 5.54 Å². The van der Waals surface area contributed by atoms with Gasteiger partial charge in [-0.05, 0) is 22.8 Å². The molecule has 3 aliphatic rings. The third kappa shape index (κ3) is 0.954. The molecule has 4 rings (SSSR count). The van der Waals surface area contributed by atoms with E-state index in [2.05, 4.69) is 52.5 Å². The number of nitrogens with zero attached hydrogens (tertiary/aromatic N) is 2. The van der Waals surface area contributed by atoms with Crippen LogP contribution in [0.15, 0.2) is 64.1 Å². The molecule has 0 saturated heterocycles. The summed E-state index contributed by atoms with van der Waals surface area (Å²) in [5.74, 6) is 0. The Kier molecular flexibility index (Phi) is 1.52. The molecule has 2 aliphatic carbocycles. The molecule has 2 heteroatoms. The topological polar surface area (TPSA) is 24.7 Å². The van der Waals surface area contributed by atoms with E-state index in [0.29, 0.717) is 0 Å². The van der Waals surface area contributed by atoms with Crippen molar-refractivity contribution in [3.8, 4) is 0 Å². The van der Waals surface area contributed by atoms with Crippen molar-refractivity contribution < 1.29 is 0 Å². The fourth-order valence-corrected chi connectivity index (χ4v) is 2.78. The summed E-state index contributed by atoms with van der Waals surface area (Å²) in [6, 6.07) is 8.39. The monoisotopic (exact) mass is 218 g/mol. The minimum absolute atomic E-state index is 0.375. The number of allylic oxidation sites excluding steroid dienone is 2. The Balaban J connectivity index is 2.11. The van der Waals surface area contributed by atoms with Gasteiger partial charge in [-0.1, -0.05) is 48.6 Å². The molecule has 1 aromatic carbocycles. The molecule has 1 spiro atoms. The van der Waals surface area contributed by atoms with Crippen LogP contribution in [-0.2, 0) is 5.54 Å². The molecule has 0 fully saturated rings. The van der Waals surface area contributed by atoms with Gasteiger partial charge in [-0.3, -0.25) is 4.99 Å². The molecule has 0 aromatic heterocycles. The first-order chi connectivity index (χ1) is 8.41. The Hall–Kier alpha value is -2.22. The first kappa shape index (κ1) is 8.88. The summed E-state index contributed by atoms with van der Waals surface area (Å²) in [6.07, 6.45) is 12.2. The van der Waals surface area contributed by atoms with Crippen LogP contribution in [0.25, 0.3) is 6.08 Å². The predicted octanol–water partition coefficient (Wildman–Crippen LogP) is 2.89. The average Bonchev–Trinajstić information content (AvgIpc) is 2.81. The highest BCUT2D eigenvalue weighted by Crippen LogP contribution is 2.45. The van der Waals surface area contributed by atoms with E-state index in [-0.39, 0.29) is 5.54 Å². The average molecular weight is 218 g/mol. The van der Waals surface area contributed by atoms with Crippen LogP contribution in [0, 0.1) is 0 Å². The lowest BCUT2D eigenvalue weighted by Gasteiger charge is -2.34. The number of fused-ring (bicyclic) bond motifs is 1. The lowest BCUT2D eigenvalue weighted by Crippen LogP contribution is -2.35. The van der Waals surface area contributed by atoms with E-state index in [1.54, 1.807) is 6.34 Å². The van der Waals surface area contributed by atoms with Gasteiger partial charge in [0.2, 0.25) is 0 Å². The van der Waals surface area contributed by atoms with Crippen molar-refractivity contribution in [2.45, 2.75) is 5.54 Å². The lowest BCUT2D eigenvalue weighted by molar-refractivity contribution is 0.740. The molecular formula is C15H10N2. The number of hydrogen-bond acceptors (Lipinski definition) is 2. The number of hydrogen-bond donors (Lipinski definition) is 0. The Labute approximate surface area is 99.4 Å². The summed E-state index contributed by atoms with van der Waals surface area (Å²) in [6.45, 7) is 0. The highest BCUT2D eigenvalue weighted by Gasteiger charge is 2.44. The standard InChI is InChI=1S/C15H10N2/c1-2-6-13-11(4-1)8-9-12-5-3-7-14-15(12,13)17-10-16-14/h1-10H. The zero-order valence-electron chi connectivity index (χ0n) is 9.17. The summed E-state index contributed by atoms with van der Waals surface area (Å²) in [5, 5.41) is 0. The second kappa shape index (κ2) is 2.92. The number of rotatable bonds is 0. The van der Waals surface area contributed by atoms with Crippen molar-refractivity contribution in [1.29, 1.82) is 0 Å². The second-order valence-corrected chi connectivity index (χ2v) is 4.37. The lowest BCUT2D eigenvalue weighted by atomic mass is 9.72. The van der Waals surface area contributed by atoms with Crippen molar-refractivity contribution >= 4 is 18.1 Å². The molecule has 17 heavy (non-hydrogen) atoms. The van der Waals surface area contributed by atoms with Crippen LogP contribution in [0.3, 0.4) is 0 Å². The van der Waals surface area contributed by atoms with Gasteiger partial charge in [0.1, 0.15) is 6.34 Å². The van der Waals surface area contributed by atoms with E-state index < -0.39 is 0 Å². The maximum Gasteiger partial charge on any atom is 0.155 e. The fourth-order valence-electron chi connectivity index (χ4n) is 2.78. The van der Waals surface area contributed by atoms with Crippen LogP contribution >= 0.6 is 0 Å². The Morgan fingerprint density at radius 2 is 1.94 bits per heavy atom. The molecule has 0 N–H and O–H groups in total. The fraction of sp³-hybridized carbons (Fsp3) is 0.0667. The molecule has 0 saturated carbocycles. The summed E-state index contributed by atoms with van der Waals surface area (Å²) in [4.78, 5) is 9.05. The van der Waals surface area contributed by atoms with Crippen LogP contribution in [0.5, 0.6) is 0 Å². The summed E-state index contributed by atoms with van der Waals surface area (Å²) in [7, 11) is 0. The van der Waals surface area contributed by atoms with Gasteiger partial charge in [-0.15, -0.1) is 0 Å². The Bertz CT molecular complexity index is 659. The third-order valence-corrected chi connectivity index (χ3v) is 3.56. The van der Waals surface area contributed by atoms with E-state index >= 15 is 0 Å². The van der Waals surface area contributed by atoms with Gasteiger partial charge in [0.05, 0.1) is 5.71 Å². The number of benzene rings is 1.